The summed E-state index contributed by atoms with van der Waals surface area (Å²) in [6.45, 7) is 6.74. The standard InChI is InChI=1S/C31H35F3N6O4/c1-30(2,3)44-29(43)40-15-13-39(14-16-40)27(42)21-9-11-23(12-10-21)37-28-36-19-24(31(32,33)34)26(38-28)22(18-25(35)41)17-20-7-5-4-6-8-20/h4-12,19,22H,13-18H2,1-3H3,(H2,35,41)(H,36,37,38). The minimum Gasteiger partial charge on any atom is -0.444 e. The van der Waals surface area contributed by atoms with Crippen molar-refractivity contribution >= 4 is 29.5 Å². The van der Waals surface area contributed by atoms with Gasteiger partial charge in [0, 0.05) is 56.0 Å². The maximum Gasteiger partial charge on any atom is 0.419 e. The first-order chi connectivity index (χ1) is 20.7. The topological polar surface area (TPSA) is 131 Å². The molecule has 13 heteroatoms. The summed E-state index contributed by atoms with van der Waals surface area (Å²) in [5.41, 5.74) is 4.99. The van der Waals surface area contributed by atoms with Gasteiger partial charge in [0.15, 0.2) is 0 Å². The second kappa shape index (κ2) is 13.3. The number of aromatic nitrogens is 2. The number of nitrogens with zero attached hydrogens (tertiary/aromatic N) is 4. The van der Waals surface area contributed by atoms with Gasteiger partial charge in [-0.3, -0.25) is 9.59 Å². The zero-order chi connectivity index (χ0) is 32.1. The molecule has 2 aromatic carbocycles. The predicted octanol–water partition coefficient (Wildman–Crippen LogP) is 5.13. The molecular weight excluding hydrogens is 577 g/mol. The molecule has 2 heterocycles. The number of carbonyl (C=O) groups is 3. The summed E-state index contributed by atoms with van der Waals surface area (Å²) >= 11 is 0. The molecule has 1 aliphatic rings. The second-order valence-corrected chi connectivity index (χ2v) is 11.5. The van der Waals surface area contributed by atoms with Crippen molar-refractivity contribution in [2.75, 3.05) is 31.5 Å². The quantitative estimate of drug-likeness (QED) is 0.361. The fourth-order valence-corrected chi connectivity index (χ4v) is 4.82. The van der Waals surface area contributed by atoms with E-state index in [9.17, 15) is 27.6 Å². The van der Waals surface area contributed by atoms with Crippen LogP contribution in [0.25, 0.3) is 0 Å². The van der Waals surface area contributed by atoms with Gasteiger partial charge in [-0.1, -0.05) is 30.3 Å². The van der Waals surface area contributed by atoms with Crippen LogP contribution in [0.15, 0.2) is 60.8 Å². The molecule has 0 radical (unpaired) electrons. The van der Waals surface area contributed by atoms with Gasteiger partial charge in [0.2, 0.25) is 11.9 Å². The summed E-state index contributed by atoms with van der Waals surface area (Å²) in [7, 11) is 0. The molecule has 1 fully saturated rings. The van der Waals surface area contributed by atoms with Crippen LogP contribution in [0.1, 0.15) is 60.3 Å². The number of primary amides is 1. The minimum absolute atomic E-state index is 0.104. The highest BCUT2D eigenvalue weighted by Gasteiger charge is 2.37. The van der Waals surface area contributed by atoms with E-state index >= 15 is 0 Å². The third kappa shape index (κ3) is 8.68. The van der Waals surface area contributed by atoms with Crippen LogP contribution in [-0.4, -0.2) is 69.5 Å². The van der Waals surface area contributed by atoms with Crippen LogP contribution in [0, 0.1) is 0 Å². The van der Waals surface area contributed by atoms with Crippen molar-refractivity contribution in [2.24, 2.45) is 5.73 Å². The number of rotatable bonds is 8. The lowest BCUT2D eigenvalue weighted by Gasteiger charge is -2.35. The monoisotopic (exact) mass is 612 g/mol. The molecule has 1 atom stereocenters. The van der Waals surface area contributed by atoms with Crippen LogP contribution >= 0.6 is 0 Å². The largest absolute Gasteiger partial charge is 0.444 e. The highest BCUT2D eigenvalue weighted by molar-refractivity contribution is 5.94. The number of amides is 3. The molecule has 0 spiro atoms. The van der Waals surface area contributed by atoms with Crippen molar-refractivity contribution in [3.8, 4) is 0 Å². The first-order valence-electron chi connectivity index (χ1n) is 14.1. The van der Waals surface area contributed by atoms with Crippen LogP contribution in [0.4, 0.5) is 29.6 Å². The van der Waals surface area contributed by atoms with E-state index in [1.807, 2.05) is 0 Å². The van der Waals surface area contributed by atoms with Gasteiger partial charge >= 0.3 is 12.3 Å². The Hall–Kier alpha value is -4.68. The number of benzene rings is 2. The highest BCUT2D eigenvalue weighted by Crippen LogP contribution is 2.37. The van der Waals surface area contributed by atoms with Crippen molar-refractivity contribution in [3.05, 3.63) is 83.2 Å². The zero-order valence-corrected chi connectivity index (χ0v) is 24.7. The second-order valence-electron chi connectivity index (χ2n) is 11.5. The van der Waals surface area contributed by atoms with Crippen LogP contribution < -0.4 is 11.1 Å². The van der Waals surface area contributed by atoms with E-state index in [0.717, 1.165) is 5.56 Å². The normalized spacial score (nSPS) is 14.6. The minimum atomic E-state index is -4.75. The first-order valence-corrected chi connectivity index (χ1v) is 14.1. The Kier molecular flexibility index (Phi) is 9.75. The number of halogens is 3. The molecule has 234 valence electrons. The number of nitrogens with one attached hydrogen (secondary N) is 1. The molecule has 10 nitrogen and oxygen atoms in total. The predicted molar refractivity (Wildman–Crippen MR) is 157 cm³/mol. The number of hydrogen-bond donors (Lipinski definition) is 2. The van der Waals surface area contributed by atoms with Crippen molar-refractivity contribution < 1.29 is 32.3 Å². The third-order valence-electron chi connectivity index (χ3n) is 6.89. The Balaban J connectivity index is 1.47. The maximum atomic E-state index is 14.0. The number of anilines is 2. The molecule has 3 N–H and O–H groups in total. The molecule has 0 saturated carbocycles. The molecule has 0 aliphatic carbocycles. The third-order valence-corrected chi connectivity index (χ3v) is 6.89. The lowest BCUT2D eigenvalue weighted by Crippen LogP contribution is -2.51. The summed E-state index contributed by atoms with van der Waals surface area (Å²) in [4.78, 5) is 48.5. The molecule has 1 unspecified atom stereocenters. The summed E-state index contributed by atoms with van der Waals surface area (Å²) in [5.74, 6) is -2.01. The average molecular weight is 613 g/mol. The highest BCUT2D eigenvalue weighted by atomic mass is 19.4. The fraction of sp³-hybridized carbons (Fsp3) is 0.387. The van der Waals surface area contributed by atoms with Gasteiger partial charge in [-0.25, -0.2) is 14.8 Å². The Morgan fingerprint density at radius 1 is 0.955 bits per heavy atom. The van der Waals surface area contributed by atoms with E-state index < -0.39 is 35.3 Å². The van der Waals surface area contributed by atoms with Crippen molar-refractivity contribution in [2.45, 2.75) is 51.3 Å². The first kappa shape index (κ1) is 32.2. The lowest BCUT2D eigenvalue weighted by molar-refractivity contribution is -0.139. The number of carbonyl (C=O) groups excluding carboxylic acids is 3. The van der Waals surface area contributed by atoms with Crippen molar-refractivity contribution in [1.82, 2.24) is 19.8 Å². The van der Waals surface area contributed by atoms with Crippen molar-refractivity contribution in [3.63, 3.8) is 0 Å². The van der Waals surface area contributed by atoms with E-state index in [1.54, 1.807) is 85.2 Å². The smallest absolute Gasteiger partial charge is 0.419 e. The van der Waals surface area contributed by atoms with Crippen LogP contribution in [0.3, 0.4) is 0 Å². The average Bonchev–Trinajstić information content (AvgIpc) is 2.96. The van der Waals surface area contributed by atoms with Gasteiger partial charge in [-0.2, -0.15) is 13.2 Å². The van der Waals surface area contributed by atoms with Crippen LogP contribution in [-0.2, 0) is 22.1 Å². The van der Waals surface area contributed by atoms with E-state index in [2.05, 4.69) is 15.3 Å². The molecule has 1 saturated heterocycles. The zero-order valence-electron chi connectivity index (χ0n) is 24.7. The number of hydrogen-bond acceptors (Lipinski definition) is 7. The molecule has 0 bridgehead atoms. The molecule has 44 heavy (non-hydrogen) atoms. The summed E-state index contributed by atoms with van der Waals surface area (Å²) in [6.07, 6.45) is -4.70. The SMILES string of the molecule is CC(C)(C)OC(=O)N1CCN(C(=O)c2ccc(Nc3ncc(C(F)(F)F)c(C(CC(N)=O)Cc4ccccc4)n3)cc2)CC1. The van der Waals surface area contributed by atoms with Gasteiger partial charge in [0.1, 0.15) is 5.60 Å². The Morgan fingerprint density at radius 3 is 2.14 bits per heavy atom. The van der Waals surface area contributed by atoms with E-state index in [4.69, 9.17) is 10.5 Å². The maximum absolute atomic E-state index is 14.0. The van der Waals surface area contributed by atoms with Gasteiger partial charge in [-0.05, 0) is 57.0 Å². The Labute approximate surface area is 253 Å². The van der Waals surface area contributed by atoms with E-state index in [0.29, 0.717) is 43.6 Å². The summed E-state index contributed by atoms with van der Waals surface area (Å²) in [5, 5.41) is 2.89. The van der Waals surface area contributed by atoms with Crippen molar-refractivity contribution in [1.29, 1.82) is 0 Å². The number of nitrogens with two attached hydrogens (primary N) is 1. The molecule has 3 amide bonds. The molecule has 1 aliphatic heterocycles. The van der Waals surface area contributed by atoms with Gasteiger partial charge in [0.25, 0.3) is 5.91 Å². The molecule has 1 aromatic heterocycles. The van der Waals surface area contributed by atoms with Crippen LogP contribution in [0.5, 0.6) is 0 Å². The molecular formula is C31H35F3N6O4. The number of alkyl halides is 3. The van der Waals surface area contributed by atoms with E-state index in [1.165, 1.54) is 0 Å². The summed E-state index contributed by atoms with van der Waals surface area (Å²) < 4.78 is 47.3. The van der Waals surface area contributed by atoms with Gasteiger partial charge in [-0.15, -0.1) is 0 Å². The van der Waals surface area contributed by atoms with E-state index in [-0.39, 0.29) is 30.4 Å². The Morgan fingerprint density at radius 2 is 1.57 bits per heavy atom. The number of ether oxygens (including phenoxy) is 1. The molecule has 4 rings (SSSR count). The van der Waals surface area contributed by atoms with Crippen LogP contribution in [0.2, 0.25) is 0 Å². The van der Waals surface area contributed by atoms with Gasteiger partial charge in [0.05, 0.1) is 11.3 Å². The Bertz CT molecular complexity index is 1470. The fourth-order valence-electron chi connectivity index (χ4n) is 4.82. The van der Waals surface area contributed by atoms with Gasteiger partial charge < -0.3 is 25.6 Å². The molecule has 3 aromatic rings. The number of piperazine rings is 1. The lowest BCUT2D eigenvalue weighted by atomic mass is 9.90. The summed E-state index contributed by atoms with van der Waals surface area (Å²) in [6, 6.07) is 15.2.